The molecule has 0 aliphatic carbocycles. The van der Waals surface area contributed by atoms with Crippen molar-refractivity contribution in [2.45, 2.75) is 12.7 Å². The molecule has 2 aromatic carbocycles. The van der Waals surface area contributed by atoms with E-state index in [1.807, 2.05) is 30.3 Å². The first-order valence-corrected chi connectivity index (χ1v) is 8.61. The van der Waals surface area contributed by atoms with E-state index in [9.17, 15) is 4.39 Å². The van der Waals surface area contributed by atoms with Gasteiger partial charge in [0.25, 0.3) is 0 Å². The Bertz CT molecular complexity index is 715. The van der Waals surface area contributed by atoms with E-state index in [1.165, 1.54) is 24.0 Å². The molecular weight excluding hydrogens is 349 g/mol. The normalized spacial score (nSPS) is 11.9. The van der Waals surface area contributed by atoms with Crippen LogP contribution in [0.5, 0.6) is 5.75 Å². The van der Waals surface area contributed by atoms with E-state index in [-0.39, 0.29) is 10.8 Å². The van der Waals surface area contributed by atoms with Crippen LogP contribution < -0.4 is 10.5 Å². The molecule has 0 fully saturated rings. The van der Waals surface area contributed by atoms with Crippen molar-refractivity contribution in [3.05, 3.63) is 64.4 Å². The standard InChI is InChI=1S/C17H17ClFN3OS/c1-2-23-16-14(18)8-13(9-15(16)19)10-21-22-17(20)24-11-12-6-4-3-5-7-12/h3-10H,2,11H2,1H3,(H2,20,22). The van der Waals surface area contributed by atoms with Crippen LogP contribution in [0.2, 0.25) is 5.02 Å². The molecule has 0 aromatic heterocycles. The summed E-state index contributed by atoms with van der Waals surface area (Å²) in [5.41, 5.74) is 7.41. The fourth-order valence-electron chi connectivity index (χ4n) is 1.85. The summed E-state index contributed by atoms with van der Waals surface area (Å²) >= 11 is 7.36. The molecule has 0 atom stereocenters. The van der Waals surface area contributed by atoms with Gasteiger partial charge in [0.05, 0.1) is 17.8 Å². The van der Waals surface area contributed by atoms with Crippen LogP contribution in [0.1, 0.15) is 18.1 Å². The molecule has 0 saturated heterocycles. The molecule has 24 heavy (non-hydrogen) atoms. The van der Waals surface area contributed by atoms with Gasteiger partial charge in [-0.3, -0.25) is 0 Å². The molecule has 126 valence electrons. The van der Waals surface area contributed by atoms with Gasteiger partial charge in [0.2, 0.25) is 0 Å². The SMILES string of the molecule is CCOc1c(F)cc(C=NN=C(N)SCc2ccccc2)cc1Cl. The van der Waals surface area contributed by atoms with E-state index in [2.05, 4.69) is 10.2 Å². The number of benzene rings is 2. The van der Waals surface area contributed by atoms with Gasteiger partial charge in [-0.1, -0.05) is 53.7 Å². The summed E-state index contributed by atoms with van der Waals surface area (Å²) in [6.45, 7) is 2.10. The summed E-state index contributed by atoms with van der Waals surface area (Å²) < 4.78 is 19.0. The molecule has 0 amide bonds. The third kappa shape index (κ3) is 5.54. The molecule has 0 radical (unpaired) electrons. The highest BCUT2D eigenvalue weighted by molar-refractivity contribution is 8.13. The van der Waals surface area contributed by atoms with Crippen molar-refractivity contribution in [1.29, 1.82) is 0 Å². The lowest BCUT2D eigenvalue weighted by Gasteiger charge is -2.07. The zero-order chi connectivity index (χ0) is 17.4. The fourth-order valence-corrected chi connectivity index (χ4v) is 2.73. The Morgan fingerprint density at radius 1 is 1.33 bits per heavy atom. The number of ether oxygens (including phenoxy) is 1. The highest BCUT2D eigenvalue weighted by Gasteiger charge is 2.09. The molecule has 0 bridgehead atoms. The fraction of sp³-hybridized carbons (Fsp3) is 0.176. The van der Waals surface area contributed by atoms with E-state index in [1.54, 1.807) is 13.0 Å². The van der Waals surface area contributed by atoms with Gasteiger partial charge in [-0.2, -0.15) is 5.10 Å². The maximum Gasteiger partial charge on any atom is 0.180 e. The molecule has 0 heterocycles. The van der Waals surface area contributed by atoms with Crippen molar-refractivity contribution >= 4 is 34.7 Å². The predicted molar refractivity (Wildman–Crippen MR) is 99.5 cm³/mol. The minimum Gasteiger partial charge on any atom is -0.489 e. The van der Waals surface area contributed by atoms with Crippen molar-refractivity contribution in [1.82, 2.24) is 0 Å². The number of amidine groups is 1. The Labute approximate surface area is 149 Å². The second-order valence-electron chi connectivity index (χ2n) is 4.70. The molecule has 2 N–H and O–H groups in total. The molecule has 2 aromatic rings. The first kappa shape index (κ1) is 18.3. The Balaban J connectivity index is 1.97. The maximum absolute atomic E-state index is 13.9. The van der Waals surface area contributed by atoms with Gasteiger partial charge in [-0.05, 0) is 30.2 Å². The largest absolute Gasteiger partial charge is 0.489 e. The van der Waals surface area contributed by atoms with Crippen LogP contribution in [0.15, 0.2) is 52.7 Å². The predicted octanol–water partition coefficient (Wildman–Crippen LogP) is 4.46. The lowest BCUT2D eigenvalue weighted by Crippen LogP contribution is -2.06. The lowest BCUT2D eigenvalue weighted by atomic mass is 10.2. The summed E-state index contributed by atoms with van der Waals surface area (Å²) in [5.74, 6) is 0.203. The Morgan fingerprint density at radius 2 is 2.08 bits per heavy atom. The van der Waals surface area contributed by atoms with Crippen LogP contribution in [-0.2, 0) is 5.75 Å². The van der Waals surface area contributed by atoms with Gasteiger partial charge in [0.1, 0.15) is 0 Å². The second kappa shape index (κ2) is 9.30. The molecule has 0 unspecified atom stereocenters. The second-order valence-corrected chi connectivity index (χ2v) is 6.11. The van der Waals surface area contributed by atoms with Crippen LogP contribution in [0.3, 0.4) is 0 Å². The molecule has 4 nitrogen and oxygen atoms in total. The average Bonchev–Trinajstić information content (AvgIpc) is 2.57. The van der Waals surface area contributed by atoms with E-state index in [0.717, 1.165) is 5.56 Å². The third-order valence-corrected chi connectivity index (χ3v) is 4.04. The Hall–Kier alpha value is -2.05. The minimum absolute atomic E-state index is 0.0396. The molecular formula is C17H17ClFN3OS. The van der Waals surface area contributed by atoms with Crippen LogP contribution in [0.4, 0.5) is 4.39 Å². The maximum atomic E-state index is 13.9. The summed E-state index contributed by atoms with van der Waals surface area (Å²) in [5, 5.41) is 8.26. The average molecular weight is 366 g/mol. The highest BCUT2D eigenvalue weighted by Crippen LogP contribution is 2.28. The molecule has 7 heteroatoms. The topological polar surface area (TPSA) is 60.0 Å². The number of nitrogens with zero attached hydrogens (tertiary/aromatic N) is 2. The number of halogens is 2. The summed E-state index contributed by atoms with van der Waals surface area (Å²) in [7, 11) is 0. The van der Waals surface area contributed by atoms with Crippen molar-refractivity contribution in [2.75, 3.05) is 6.61 Å². The quantitative estimate of drug-likeness (QED) is 0.467. The van der Waals surface area contributed by atoms with Gasteiger partial charge in [-0.25, -0.2) is 4.39 Å². The first-order valence-electron chi connectivity index (χ1n) is 7.25. The molecule has 0 aliphatic heterocycles. The van der Waals surface area contributed by atoms with E-state index in [0.29, 0.717) is 23.1 Å². The number of rotatable bonds is 6. The van der Waals surface area contributed by atoms with Crippen molar-refractivity contribution < 1.29 is 9.13 Å². The van der Waals surface area contributed by atoms with Gasteiger partial charge >= 0.3 is 0 Å². The van der Waals surface area contributed by atoms with Gasteiger partial charge < -0.3 is 10.5 Å². The lowest BCUT2D eigenvalue weighted by molar-refractivity contribution is 0.322. The van der Waals surface area contributed by atoms with E-state index >= 15 is 0 Å². The van der Waals surface area contributed by atoms with Crippen molar-refractivity contribution in [2.24, 2.45) is 15.9 Å². The van der Waals surface area contributed by atoms with E-state index in [4.69, 9.17) is 22.1 Å². The third-order valence-electron chi connectivity index (χ3n) is 2.90. The monoisotopic (exact) mass is 365 g/mol. The number of hydrogen-bond acceptors (Lipinski definition) is 4. The molecule has 0 saturated carbocycles. The number of hydrogen-bond donors (Lipinski definition) is 1. The van der Waals surface area contributed by atoms with E-state index < -0.39 is 5.82 Å². The van der Waals surface area contributed by atoms with Gasteiger partial charge in [-0.15, -0.1) is 5.10 Å². The van der Waals surface area contributed by atoms with Gasteiger partial charge in [0, 0.05) is 5.75 Å². The molecule has 2 rings (SSSR count). The smallest absolute Gasteiger partial charge is 0.180 e. The van der Waals surface area contributed by atoms with Crippen LogP contribution in [-0.4, -0.2) is 18.0 Å². The number of thioether (sulfide) groups is 1. The Morgan fingerprint density at radius 3 is 2.75 bits per heavy atom. The zero-order valence-electron chi connectivity index (χ0n) is 13.1. The Kier molecular flexibility index (Phi) is 7.08. The van der Waals surface area contributed by atoms with Crippen LogP contribution in [0, 0.1) is 5.82 Å². The van der Waals surface area contributed by atoms with Crippen LogP contribution in [0.25, 0.3) is 0 Å². The zero-order valence-corrected chi connectivity index (χ0v) is 14.6. The molecule has 0 aliphatic rings. The summed E-state index contributed by atoms with van der Waals surface area (Å²) in [4.78, 5) is 0. The van der Waals surface area contributed by atoms with Crippen molar-refractivity contribution in [3.8, 4) is 5.75 Å². The minimum atomic E-state index is -0.541. The molecule has 0 spiro atoms. The number of nitrogens with two attached hydrogens (primary N) is 1. The van der Waals surface area contributed by atoms with Crippen LogP contribution >= 0.6 is 23.4 Å². The van der Waals surface area contributed by atoms with Gasteiger partial charge in [0.15, 0.2) is 16.7 Å². The first-order chi connectivity index (χ1) is 11.6. The van der Waals surface area contributed by atoms with Crippen molar-refractivity contribution in [3.63, 3.8) is 0 Å². The highest BCUT2D eigenvalue weighted by atomic mass is 35.5. The summed E-state index contributed by atoms with van der Waals surface area (Å²) in [6, 6.07) is 12.7. The summed E-state index contributed by atoms with van der Waals surface area (Å²) in [6.07, 6.45) is 1.39.